The van der Waals surface area contributed by atoms with Crippen LogP contribution in [0.25, 0.3) is 0 Å². The van der Waals surface area contributed by atoms with Gasteiger partial charge in [0.25, 0.3) is 5.91 Å². The Morgan fingerprint density at radius 3 is 2.45 bits per heavy atom. The lowest BCUT2D eigenvalue weighted by atomic mass is 9.68. The first-order valence-corrected chi connectivity index (χ1v) is 19.0. The number of H-pyrrole nitrogens is 1. The fraction of sp³-hybridized carbons (Fsp3) is 0.314. The quantitative estimate of drug-likeness (QED) is 0.176. The molecular formula is C35H28BrCl2N3O6S2. The van der Waals surface area contributed by atoms with Gasteiger partial charge in [0.2, 0.25) is 11.8 Å². The number of amides is 3. The van der Waals surface area contributed by atoms with Gasteiger partial charge in [0, 0.05) is 26.2 Å². The minimum Gasteiger partial charge on any atom is -0.490 e. The molecule has 1 saturated heterocycles. The van der Waals surface area contributed by atoms with Gasteiger partial charge >= 0.3 is 4.87 Å². The zero-order valence-corrected chi connectivity index (χ0v) is 30.5. The van der Waals surface area contributed by atoms with Gasteiger partial charge < -0.3 is 19.8 Å². The molecule has 2 bridgehead atoms. The molecule has 1 aromatic heterocycles. The van der Waals surface area contributed by atoms with Crippen molar-refractivity contribution in [1.29, 1.82) is 0 Å². The molecule has 3 aromatic carbocycles. The van der Waals surface area contributed by atoms with Gasteiger partial charge in [-0.05, 0) is 91.3 Å². The molecule has 3 heterocycles. The van der Waals surface area contributed by atoms with E-state index in [1.54, 1.807) is 48.2 Å². The van der Waals surface area contributed by atoms with Gasteiger partial charge in [0.1, 0.15) is 0 Å². The number of thioether (sulfide) groups is 1. The molecular weight excluding hydrogens is 773 g/mol. The first-order valence-electron chi connectivity index (χ1n) is 15.8. The Bertz CT molecular complexity index is 2070. The van der Waals surface area contributed by atoms with Gasteiger partial charge in [0.15, 0.2) is 18.1 Å². The van der Waals surface area contributed by atoms with E-state index in [2.05, 4.69) is 26.2 Å². The number of hydrogen-bond acceptors (Lipinski definition) is 8. The Morgan fingerprint density at radius 2 is 1.71 bits per heavy atom. The summed E-state index contributed by atoms with van der Waals surface area (Å²) in [5.74, 6) is -0.787. The van der Waals surface area contributed by atoms with Crippen LogP contribution in [0.2, 0.25) is 10.0 Å². The summed E-state index contributed by atoms with van der Waals surface area (Å²) in [4.78, 5) is 58.6. The monoisotopic (exact) mass is 799 g/mol. The number of halogens is 3. The van der Waals surface area contributed by atoms with Gasteiger partial charge in [-0.25, -0.2) is 0 Å². The highest BCUT2D eigenvalue weighted by molar-refractivity contribution is 9.10. The zero-order chi connectivity index (χ0) is 34.1. The van der Waals surface area contributed by atoms with Crippen molar-refractivity contribution in [1.82, 2.24) is 4.98 Å². The maximum atomic E-state index is 14.0. The van der Waals surface area contributed by atoms with Crippen molar-refractivity contribution in [2.24, 2.45) is 29.6 Å². The van der Waals surface area contributed by atoms with Gasteiger partial charge in [-0.15, -0.1) is 11.8 Å². The summed E-state index contributed by atoms with van der Waals surface area (Å²) in [7, 11) is 0. The Morgan fingerprint density at radius 1 is 0.959 bits per heavy atom. The van der Waals surface area contributed by atoms with Crippen molar-refractivity contribution < 1.29 is 23.9 Å². The van der Waals surface area contributed by atoms with E-state index in [-0.39, 0.29) is 64.0 Å². The van der Waals surface area contributed by atoms with Crippen LogP contribution in [0, 0.1) is 29.6 Å². The smallest absolute Gasteiger partial charge is 0.305 e. The average Bonchev–Trinajstić information content (AvgIpc) is 3.81. The van der Waals surface area contributed by atoms with Crippen molar-refractivity contribution in [2.45, 2.75) is 29.5 Å². The minimum atomic E-state index is -0.411. The van der Waals surface area contributed by atoms with E-state index in [0.29, 0.717) is 39.5 Å². The van der Waals surface area contributed by atoms with Crippen LogP contribution >= 0.6 is 62.2 Å². The largest absolute Gasteiger partial charge is 0.490 e. The number of nitrogens with one attached hydrogen (secondary N) is 2. The zero-order valence-electron chi connectivity index (χ0n) is 25.8. The molecule has 3 fully saturated rings. The first-order chi connectivity index (χ1) is 23.6. The third kappa shape index (κ3) is 5.60. The predicted molar refractivity (Wildman–Crippen MR) is 193 cm³/mol. The van der Waals surface area contributed by atoms with E-state index in [1.807, 2.05) is 31.2 Å². The average molecular weight is 802 g/mol. The van der Waals surface area contributed by atoms with E-state index in [9.17, 15) is 19.2 Å². The van der Waals surface area contributed by atoms with Gasteiger partial charge in [-0.3, -0.25) is 24.1 Å². The summed E-state index contributed by atoms with van der Waals surface area (Å²) in [6.07, 6.45) is 0.784. The fourth-order valence-electron chi connectivity index (χ4n) is 8.25. The molecule has 2 saturated carbocycles. The van der Waals surface area contributed by atoms with Crippen molar-refractivity contribution in [2.75, 3.05) is 23.4 Å². The van der Waals surface area contributed by atoms with E-state index in [1.165, 1.54) is 16.2 Å². The molecule has 2 aliphatic heterocycles. The maximum absolute atomic E-state index is 14.0. The van der Waals surface area contributed by atoms with Crippen LogP contribution in [0.4, 0.5) is 11.4 Å². The van der Waals surface area contributed by atoms with E-state index in [0.717, 1.165) is 26.4 Å². The highest BCUT2D eigenvalue weighted by Crippen LogP contribution is 2.68. The molecule has 2 aliphatic carbocycles. The van der Waals surface area contributed by atoms with Crippen molar-refractivity contribution in [3.63, 3.8) is 0 Å². The number of fused-ring (bicyclic) bond motifs is 9. The van der Waals surface area contributed by atoms with Crippen LogP contribution in [0.1, 0.15) is 29.7 Å². The normalized spacial score (nSPS) is 26.4. The molecule has 8 rings (SSSR count). The number of aromatic amines is 1. The van der Waals surface area contributed by atoms with Crippen LogP contribution in [-0.4, -0.2) is 41.2 Å². The summed E-state index contributed by atoms with van der Waals surface area (Å²) >= 11 is 18.3. The van der Waals surface area contributed by atoms with Gasteiger partial charge in [-0.2, -0.15) is 0 Å². The highest BCUT2D eigenvalue weighted by atomic mass is 79.9. The number of carbonyl (C=O) groups is 3. The standard InChI is InChI=1S/C35H28BrCl2N3O6S2/c1-2-46-24-11-15(3-10-23(24)47-14-25(42)39-17-6-9-21(37)22(38)12-17)26-27-19-13-20(30(27)48-32-31(26)49-35(45)40-32)29-28(19)33(43)41(34(29)44)18-7-4-16(36)5-8-18/h3-12,19-20,26-30H,2,13-14H2,1H3,(H,39,42)(H,40,45)/t19-,20-,26-,27?,28?,29?,30?/m1/s1. The first kappa shape index (κ1) is 32.9. The van der Waals surface area contributed by atoms with Crippen LogP contribution in [-0.2, 0) is 14.4 Å². The Balaban J connectivity index is 1.09. The van der Waals surface area contributed by atoms with Crippen molar-refractivity contribution in [3.8, 4) is 11.5 Å². The summed E-state index contributed by atoms with van der Waals surface area (Å²) < 4.78 is 12.8. The number of imide groups is 1. The van der Waals surface area contributed by atoms with E-state index >= 15 is 0 Å². The second kappa shape index (κ2) is 12.8. The SMILES string of the molecule is CCOc1cc([C@H]2c3sc(=O)[nH]c3SC3C2[C@H]2C[C@@H]3C3C(=O)N(c4ccc(Br)cc4)C(=O)C32)ccc1OCC(=O)Nc1ccc(Cl)c(Cl)c1. The molecule has 0 spiro atoms. The summed E-state index contributed by atoms with van der Waals surface area (Å²) in [6.45, 7) is 1.96. The molecule has 3 amide bonds. The topological polar surface area (TPSA) is 118 Å². The van der Waals surface area contributed by atoms with Crippen molar-refractivity contribution >= 4 is 91.3 Å². The van der Waals surface area contributed by atoms with Crippen LogP contribution in [0.15, 0.2) is 75.0 Å². The lowest BCUT2D eigenvalue weighted by Crippen LogP contribution is -2.42. The third-order valence-corrected chi connectivity index (χ3v) is 13.9. The van der Waals surface area contributed by atoms with Crippen LogP contribution in [0.3, 0.4) is 0 Å². The molecule has 252 valence electrons. The molecule has 4 unspecified atom stereocenters. The number of hydrogen-bond donors (Lipinski definition) is 2. The second-order valence-corrected chi connectivity index (χ2v) is 16.5. The third-order valence-electron chi connectivity index (χ3n) is 10.00. The Kier molecular flexibility index (Phi) is 8.59. The molecule has 2 N–H and O–H groups in total. The second-order valence-electron chi connectivity index (χ2n) is 12.6. The number of thiazole rings is 1. The lowest BCUT2D eigenvalue weighted by molar-refractivity contribution is -0.123. The Hall–Kier alpha value is -3.29. The number of nitrogens with zero attached hydrogens (tertiary/aromatic N) is 1. The van der Waals surface area contributed by atoms with Gasteiger partial charge in [0.05, 0.1) is 39.2 Å². The van der Waals surface area contributed by atoms with E-state index in [4.69, 9.17) is 32.7 Å². The molecule has 49 heavy (non-hydrogen) atoms. The Labute approximate surface area is 307 Å². The molecule has 14 heteroatoms. The van der Waals surface area contributed by atoms with E-state index < -0.39 is 5.92 Å². The fourth-order valence-corrected chi connectivity index (χ4v) is 11.7. The summed E-state index contributed by atoms with van der Waals surface area (Å²) in [5, 5.41) is 4.33. The highest BCUT2D eigenvalue weighted by Gasteiger charge is 2.69. The molecule has 0 radical (unpaired) electrons. The number of rotatable bonds is 8. The molecule has 4 aliphatic rings. The number of carbonyl (C=O) groups excluding carboxylic acids is 3. The summed E-state index contributed by atoms with van der Waals surface area (Å²) in [5.41, 5.74) is 2.00. The molecule has 9 nitrogen and oxygen atoms in total. The maximum Gasteiger partial charge on any atom is 0.305 e. The summed E-state index contributed by atoms with van der Waals surface area (Å²) in [6, 6.07) is 17.7. The number of ether oxygens (including phenoxy) is 2. The molecule has 7 atom stereocenters. The van der Waals surface area contributed by atoms with Crippen LogP contribution in [0.5, 0.6) is 11.5 Å². The lowest BCUT2D eigenvalue weighted by Gasteiger charge is -2.43. The minimum absolute atomic E-state index is 0.00366. The predicted octanol–water partition coefficient (Wildman–Crippen LogP) is 7.60. The number of anilines is 2. The van der Waals surface area contributed by atoms with Crippen molar-refractivity contribution in [3.05, 3.63) is 95.3 Å². The van der Waals surface area contributed by atoms with Crippen LogP contribution < -0.4 is 24.6 Å². The number of benzene rings is 3. The molecule has 4 aromatic rings. The van der Waals surface area contributed by atoms with Gasteiger partial charge in [-0.1, -0.05) is 56.5 Å². The number of aromatic nitrogens is 1.